The predicted octanol–water partition coefficient (Wildman–Crippen LogP) is 6.02. The summed E-state index contributed by atoms with van der Waals surface area (Å²) in [6, 6.07) is 17.6. The molecule has 0 N–H and O–H groups in total. The zero-order valence-electron chi connectivity index (χ0n) is 15.7. The molecule has 1 aliphatic rings. The van der Waals surface area contributed by atoms with E-state index in [1.54, 1.807) is 48.5 Å². The summed E-state index contributed by atoms with van der Waals surface area (Å²) in [4.78, 5) is 13.1. The Labute approximate surface area is 173 Å². The third-order valence-electron chi connectivity index (χ3n) is 4.56. The van der Waals surface area contributed by atoms with Crippen molar-refractivity contribution in [3.63, 3.8) is 0 Å². The van der Waals surface area contributed by atoms with Crippen molar-refractivity contribution in [2.24, 2.45) is 0 Å². The van der Waals surface area contributed by atoms with Gasteiger partial charge in [0.2, 0.25) is 0 Å². The largest absolute Gasteiger partial charge is 0.573 e. The first-order valence-corrected chi connectivity index (χ1v) is 9.05. The van der Waals surface area contributed by atoms with Gasteiger partial charge in [0.25, 0.3) is 0 Å². The average Bonchev–Trinajstić information content (AvgIpc) is 2.88. The minimum Gasteiger partial charge on any atom is -0.457 e. The van der Waals surface area contributed by atoms with Crippen LogP contribution in [0.25, 0.3) is 0 Å². The summed E-state index contributed by atoms with van der Waals surface area (Å²) in [5.41, 5.74) is -0.567. The van der Waals surface area contributed by atoms with Crippen LogP contribution in [0.3, 0.4) is 0 Å². The standard InChI is InChI=1S/C22H14F5NO3/c23-21(24)18-10-9-17(31-22(25,26)27)12-19(18)28(20(21)29)13-14-5-4-8-16(11-14)30-15-6-2-1-3-7-15/h1-12H,13H2. The molecule has 0 radical (unpaired) electrons. The van der Waals surface area contributed by atoms with Crippen molar-refractivity contribution in [2.45, 2.75) is 18.8 Å². The number of nitrogens with zero attached hydrogens (tertiary/aromatic N) is 1. The molecule has 0 unspecified atom stereocenters. The molecule has 31 heavy (non-hydrogen) atoms. The first-order valence-electron chi connectivity index (χ1n) is 9.05. The molecular formula is C22H14F5NO3. The normalized spacial score (nSPS) is 15.0. The second-order valence-electron chi connectivity index (χ2n) is 6.75. The van der Waals surface area contributed by atoms with E-state index in [0.717, 1.165) is 23.1 Å². The Morgan fingerprint density at radius 3 is 2.26 bits per heavy atom. The fourth-order valence-corrected chi connectivity index (χ4v) is 3.26. The Balaban J connectivity index is 1.63. The van der Waals surface area contributed by atoms with E-state index in [0.29, 0.717) is 17.1 Å². The van der Waals surface area contributed by atoms with Crippen LogP contribution >= 0.6 is 0 Å². The highest BCUT2D eigenvalue weighted by Gasteiger charge is 2.53. The third-order valence-corrected chi connectivity index (χ3v) is 4.56. The van der Waals surface area contributed by atoms with E-state index in [2.05, 4.69) is 4.74 Å². The minimum absolute atomic E-state index is 0.289. The Bertz CT molecular complexity index is 1120. The van der Waals surface area contributed by atoms with E-state index >= 15 is 0 Å². The lowest BCUT2D eigenvalue weighted by atomic mass is 10.1. The highest BCUT2D eigenvalue weighted by molar-refractivity contribution is 6.06. The topological polar surface area (TPSA) is 38.8 Å². The first kappa shape index (κ1) is 20.6. The zero-order valence-corrected chi connectivity index (χ0v) is 15.7. The number of anilines is 1. The molecule has 4 rings (SSSR count). The Kier molecular flexibility index (Phi) is 5.04. The number of rotatable bonds is 5. The summed E-state index contributed by atoms with van der Waals surface area (Å²) in [5, 5.41) is 0. The number of carbonyl (C=O) groups is 1. The predicted molar refractivity (Wildman–Crippen MR) is 101 cm³/mol. The molecule has 160 valence electrons. The molecule has 1 amide bonds. The van der Waals surface area contributed by atoms with E-state index in [-0.39, 0.29) is 12.2 Å². The van der Waals surface area contributed by atoms with Gasteiger partial charge in [-0.05, 0) is 42.0 Å². The van der Waals surface area contributed by atoms with Crippen LogP contribution in [0.2, 0.25) is 0 Å². The molecule has 9 heteroatoms. The maximum Gasteiger partial charge on any atom is 0.573 e. The van der Waals surface area contributed by atoms with Crippen LogP contribution in [0.5, 0.6) is 17.2 Å². The highest BCUT2D eigenvalue weighted by Crippen LogP contribution is 2.46. The Morgan fingerprint density at radius 1 is 0.839 bits per heavy atom. The van der Waals surface area contributed by atoms with Crippen molar-refractivity contribution in [1.82, 2.24) is 0 Å². The van der Waals surface area contributed by atoms with Crippen molar-refractivity contribution in [1.29, 1.82) is 0 Å². The van der Waals surface area contributed by atoms with E-state index in [1.807, 2.05) is 6.07 Å². The van der Waals surface area contributed by atoms with E-state index in [1.165, 1.54) is 0 Å². The van der Waals surface area contributed by atoms with Crippen LogP contribution in [-0.4, -0.2) is 12.3 Å². The van der Waals surface area contributed by atoms with Gasteiger partial charge in [-0.2, -0.15) is 8.78 Å². The van der Waals surface area contributed by atoms with Gasteiger partial charge in [-0.3, -0.25) is 4.79 Å². The average molecular weight is 435 g/mol. The number of benzene rings is 3. The van der Waals surface area contributed by atoms with Crippen molar-refractivity contribution in [3.8, 4) is 17.2 Å². The second kappa shape index (κ2) is 7.57. The fourth-order valence-electron chi connectivity index (χ4n) is 3.26. The lowest BCUT2D eigenvalue weighted by Crippen LogP contribution is -2.34. The summed E-state index contributed by atoms with van der Waals surface area (Å²) in [6.45, 7) is -0.289. The lowest BCUT2D eigenvalue weighted by molar-refractivity contribution is -0.274. The van der Waals surface area contributed by atoms with Gasteiger partial charge in [-0.25, -0.2) is 0 Å². The molecule has 0 aromatic heterocycles. The second-order valence-corrected chi connectivity index (χ2v) is 6.75. The summed E-state index contributed by atoms with van der Waals surface area (Å²) < 4.78 is 76.0. The van der Waals surface area contributed by atoms with Gasteiger partial charge in [-0.15, -0.1) is 13.2 Å². The van der Waals surface area contributed by atoms with Crippen LogP contribution in [0, 0.1) is 0 Å². The van der Waals surface area contributed by atoms with Gasteiger partial charge in [0.05, 0.1) is 17.8 Å². The van der Waals surface area contributed by atoms with Crippen LogP contribution in [0.15, 0.2) is 72.8 Å². The number of halogens is 5. The van der Waals surface area contributed by atoms with Crippen LogP contribution < -0.4 is 14.4 Å². The number of ether oxygens (including phenoxy) is 2. The SMILES string of the molecule is O=C1N(Cc2cccc(Oc3ccccc3)c2)c2cc(OC(F)(F)F)ccc2C1(F)F. The van der Waals surface area contributed by atoms with Crippen molar-refractivity contribution < 1.29 is 36.2 Å². The molecule has 0 fully saturated rings. The van der Waals surface area contributed by atoms with Gasteiger partial charge >= 0.3 is 18.2 Å². The van der Waals surface area contributed by atoms with Crippen LogP contribution in [0.1, 0.15) is 11.1 Å². The minimum atomic E-state index is -4.99. The number of hydrogen-bond donors (Lipinski definition) is 0. The van der Waals surface area contributed by atoms with Crippen molar-refractivity contribution in [2.75, 3.05) is 4.90 Å². The molecular weight excluding hydrogens is 421 g/mol. The van der Waals surface area contributed by atoms with Gasteiger partial charge in [0.1, 0.15) is 17.2 Å². The summed E-state index contributed by atoms with van der Waals surface area (Å²) in [6.07, 6.45) is -4.99. The smallest absolute Gasteiger partial charge is 0.457 e. The third kappa shape index (κ3) is 4.30. The number of para-hydroxylation sites is 1. The van der Waals surface area contributed by atoms with E-state index in [9.17, 15) is 26.7 Å². The molecule has 1 heterocycles. The molecule has 0 atom stereocenters. The quantitative estimate of drug-likeness (QED) is 0.461. The van der Waals surface area contributed by atoms with Crippen LogP contribution in [0.4, 0.5) is 27.6 Å². The number of amides is 1. The maximum atomic E-state index is 14.4. The summed E-state index contributed by atoms with van der Waals surface area (Å²) in [7, 11) is 0. The number of carbonyl (C=O) groups excluding carboxylic acids is 1. The fraction of sp³-hybridized carbons (Fsp3) is 0.136. The van der Waals surface area contributed by atoms with E-state index < -0.39 is 29.5 Å². The molecule has 0 saturated heterocycles. The van der Waals surface area contributed by atoms with E-state index in [4.69, 9.17) is 4.74 Å². The number of hydrogen-bond acceptors (Lipinski definition) is 3. The molecule has 0 spiro atoms. The Hall–Kier alpha value is -3.62. The molecule has 4 nitrogen and oxygen atoms in total. The first-order chi connectivity index (χ1) is 14.6. The zero-order chi connectivity index (χ0) is 22.2. The number of fused-ring (bicyclic) bond motifs is 1. The monoisotopic (exact) mass is 435 g/mol. The lowest BCUT2D eigenvalue weighted by Gasteiger charge is -2.19. The molecule has 3 aromatic rings. The molecule has 0 saturated carbocycles. The highest BCUT2D eigenvalue weighted by atomic mass is 19.4. The number of alkyl halides is 5. The van der Waals surface area contributed by atoms with Gasteiger partial charge in [-0.1, -0.05) is 30.3 Å². The van der Waals surface area contributed by atoms with Crippen molar-refractivity contribution in [3.05, 3.63) is 83.9 Å². The molecule has 0 aliphatic carbocycles. The maximum absolute atomic E-state index is 14.4. The van der Waals surface area contributed by atoms with Gasteiger partial charge < -0.3 is 14.4 Å². The molecule has 0 bridgehead atoms. The van der Waals surface area contributed by atoms with Gasteiger partial charge in [0.15, 0.2) is 0 Å². The molecule has 1 aliphatic heterocycles. The van der Waals surface area contributed by atoms with Crippen LogP contribution in [-0.2, 0) is 17.3 Å². The summed E-state index contributed by atoms with van der Waals surface area (Å²) >= 11 is 0. The summed E-state index contributed by atoms with van der Waals surface area (Å²) in [5.74, 6) is -5.10. The molecule has 3 aromatic carbocycles. The van der Waals surface area contributed by atoms with Gasteiger partial charge in [0, 0.05) is 6.07 Å². The Morgan fingerprint density at radius 2 is 1.55 bits per heavy atom. The van der Waals surface area contributed by atoms with Crippen molar-refractivity contribution >= 4 is 11.6 Å².